The number of phenolic OH excluding ortho intramolecular Hbond substituents is 4. The van der Waals surface area contributed by atoms with Gasteiger partial charge in [-0.25, -0.2) is 0 Å². The van der Waals surface area contributed by atoms with Crippen molar-refractivity contribution in [2.75, 3.05) is 0 Å². The lowest BCUT2D eigenvalue weighted by atomic mass is 9.67. The van der Waals surface area contributed by atoms with Crippen LogP contribution >= 0.6 is 110 Å². The Balaban J connectivity index is 0.000000158. The zero-order valence-corrected chi connectivity index (χ0v) is 41.0. The fraction of sp³-hybridized carbons (Fsp3) is 0.0400. The highest BCUT2D eigenvalue weighted by molar-refractivity contribution is 9.13. The molecule has 10 rings (SSSR count). The van der Waals surface area contributed by atoms with Crippen LogP contribution in [0.15, 0.2) is 163 Å². The Bertz CT molecular complexity index is 2740. The maximum atomic E-state index is 10.3. The molecule has 0 spiro atoms. The number of hydrogen-bond donors (Lipinski definition) is 4. The summed E-state index contributed by atoms with van der Waals surface area (Å²) in [6.07, 6.45) is 0. The van der Waals surface area contributed by atoms with Crippen LogP contribution in [0, 0.1) is 0 Å². The van der Waals surface area contributed by atoms with Crippen LogP contribution in [0.25, 0.3) is 22.3 Å². The average molecular weight is 1150 g/mol. The van der Waals surface area contributed by atoms with Crippen molar-refractivity contribution in [3.63, 3.8) is 0 Å². The third kappa shape index (κ3) is 6.31. The van der Waals surface area contributed by atoms with E-state index < -0.39 is 10.8 Å². The number of aromatic hydroxyl groups is 4. The van der Waals surface area contributed by atoms with Crippen molar-refractivity contribution in [2.45, 2.75) is 10.8 Å². The number of benzene rings is 8. The number of fused-ring (bicyclic) bond motifs is 6. The minimum Gasteiger partial charge on any atom is -0.507 e. The molecule has 0 amide bonds. The second-order valence-electron chi connectivity index (χ2n) is 14.7. The molecule has 8 aromatic rings. The van der Waals surface area contributed by atoms with E-state index in [4.69, 9.17) is 46.4 Å². The van der Waals surface area contributed by atoms with E-state index in [-0.39, 0.29) is 43.1 Å². The highest BCUT2D eigenvalue weighted by Gasteiger charge is 2.50. The Hall–Kier alpha value is -3.96. The highest BCUT2D eigenvalue weighted by atomic mass is 79.9. The SMILES string of the molecule is Oc1ccc(C2(c3ccc(O)c(Br)c3Br)c3ccccc3-c3ccccc32)c(Br)c1Br.Oc1ccc(C2(c3ccc(O)c(Cl)c3Cl)c3ccccc3-c3ccccc32)c(Cl)c1Cl. The van der Waals surface area contributed by atoms with Crippen molar-refractivity contribution in [1.82, 2.24) is 0 Å². The summed E-state index contributed by atoms with van der Waals surface area (Å²) in [7, 11) is 0. The maximum Gasteiger partial charge on any atom is 0.135 e. The number of rotatable bonds is 4. The first kappa shape index (κ1) is 43.3. The van der Waals surface area contributed by atoms with Crippen molar-refractivity contribution in [1.29, 1.82) is 0 Å². The van der Waals surface area contributed by atoms with Crippen molar-refractivity contribution in [3.8, 4) is 45.3 Å². The second kappa shape index (κ2) is 16.5. The number of halogens is 8. The molecule has 0 saturated carbocycles. The van der Waals surface area contributed by atoms with Gasteiger partial charge in [0.25, 0.3) is 0 Å². The third-order valence-electron chi connectivity index (χ3n) is 11.8. The fourth-order valence-corrected chi connectivity index (χ4v) is 12.1. The summed E-state index contributed by atoms with van der Waals surface area (Å²) in [6, 6.07) is 46.6. The summed E-state index contributed by atoms with van der Waals surface area (Å²) < 4.78 is 2.74. The van der Waals surface area contributed by atoms with Gasteiger partial charge >= 0.3 is 0 Å². The van der Waals surface area contributed by atoms with Gasteiger partial charge in [-0.05, 0) is 155 Å². The highest BCUT2D eigenvalue weighted by Crippen LogP contribution is 2.62. The first-order chi connectivity index (χ1) is 29.8. The Morgan fingerprint density at radius 2 is 0.532 bits per heavy atom. The fourth-order valence-electron chi connectivity index (χ4n) is 9.24. The molecule has 0 aliphatic heterocycles. The van der Waals surface area contributed by atoms with Gasteiger partial charge in [0.05, 0.1) is 29.8 Å². The smallest absolute Gasteiger partial charge is 0.135 e. The quantitative estimate of drug-likeness (QED) is 0.142. The van der Waals surface area contributed by atoms with E-state index in [0.717, 1.165) is 64.6 Å². The maximum absolute atomic E-state index is 10.3. The lowest BCUT2D eigenvalue weighted by Gasteiger charge is -2.36. The van der Waals surface area contributed by atoms with Crippen LogP contribution < -0.4 is 0 Å². The monoisotopic (exact) mass is 1150 g/mol. The molecule has 0 fully saturated rings. The standard InChI is InChI=1S/C25H14Br4O2.C25H14Cl4O2/c2*26-21-17(9-11-19(30)23(21)28)25(18-10-12-20(31)24(29)22(18)27)15-7-3-1-5-13(15)14-6-2-4-8-16(14)25/h2*1-12,30-31H. The Kier molecular flexibility index (Phi) is 11.6. The van der Waals surface area contributed by atoms with Gasteiger partial charge < -0.3 is 20.4 Å². The zero-order valence-electron chi connectivity index (χ0n) is 31.7. The molecule has 12 heteroatoms. The number of phenols is 4. The summed E-state index contributed by atoms with van der Waals surface area (Å²) in [5.74, 6) is 0.104. The van der Waals surface area contributed by atoms with Crippen LogP contribution in [0.5, 0.6) is 23.0 Å². The van der Waals surface area contributed by atoms with Crippen LogP contribution in [0.2, 0.25) is 20.1 Å². The summed E-state index contributed by atoms with van der Waals surface area (Å²) in [5.41, 5.74) is 10.1. The van der Waals surface area contributed by atoms with Gasteiger partial charge in [0.1, 0.15) is 33.0 Å². The molecular weight excluding hydrogens is 1130 g/mol. The second-order valence-corrected chi connectivity index (χ2v) is 19.4. The van der Waals surface area contributed by atoms with Crippen molar-refractivity contribution in [3.05, 3.63) is 228 Å². The van der Waals surface area contributed by atoms with Gasteiger partial charge in [-0.1, -0.05) is 168 Å². The zero-order chi connectivity index (χ0) is 43.8. The summed E-state index contributed by atoms with van der Waals surface area (Å²) in [5, 5.41) is 41.5. The van der Waals surface area contributed by atoms with E-state index in [1.165, 1.54) is 12.1 Å². The molecule has 0 bridgehead atoms. The first-order valence-electron chi connectivity index (χ1n) is 18.9. The van der Waals surface area contributed by atoms with E-state index in [2.05, 4.69) is 100 Å². The molecule has 4 N–H and O–H groups in total. The van der Waals surface area contributed by atoms with E-state index in [1.54, 1.807) is 24.3 Å². The van der Waals surface area contributed by atoms with Crippen LogP contribution in [0.4, 0.5) is 0 Å². The average Bonchev–Trinajstić information content (AvgIpc) is 3.75. The normalized spacial score (nSPS) is 13.7. The van der Waals surface area contributed by atoms with E-state index in [1.807, 2.05) is 72.8 Å². The van der Waals surface area contributed by atoms with Crippen molar-refractivity contribution in [2.24, 2.45) is 0 Å². The summed E-state index contributed by atoms with van der Waals surface area (Å²) in [6.45, 7) is 0. The molecule has 0 unspecified atom stereocenters. The molecule has 62 heavy (non-hydrogen) atoms. The van der Waals surface area contributed by atoms with Crippen LogP contribution in [0.1, 0.15) is 44.5 Å². The largest absolute Gasteiger partial charge is 0.507 e. The third-order valence-corrected chi connectivity index (χ3v) is 17.8. The molecule has 308 valence electrons. The van der Waals surface area contributed by atoms with Gasteiger partial charge in [-0.15, -0.1) is 0 Å². The summed E-state index contributed by atoms with van der Waals surface area (Å²) in [4.78, 5) is 0. The van der Waals surface area contributed by atoms with Gasteiger partial charge in [-0.3, -0.25) is 0 Å². The molecule has 0 saturated heterocycles. The van der Waals surface area contributed by atoms with E-state index in [9.17, 15) is 20.4 Å². The predicted octanol–water partition coefficient (Wildman–Crippen LogP) is 16.6. The molecule has 2 aliphatic rings. The Morgan fingerprint density at radius 1 is 0.274 bits per heavy atom. The predicted molar refractivity (Wildman–Crippen MR) is 265 cm³/mol. The van der Waals surface area contributed by atoms with Gasteiger partial charge in [0.15, 0.2) is 0 Å². The van der Waals surface area contributed by atoms with Crippen LogP contribution in [0.3, 0.4) is 0 Å². The van der Waals surface area contributed by atoms with E-state index in [0.29, 0.717) is 20.1 Å². The van der Waals surface area contributed by atoms with Gasteiger partial charge in [-0.2, -0.15) is 0 Å². The molecule has 4 nitrogen and oxygen atoms in total. The summed E-state index contributed by atoms with van der Waals surface area (Å²) >= 11 is 40.9. The molecule has 0 radical (unpaired) electrons. The Labute approximate surface area is 410 Å². The molecular formula is C50H28Br4Cl4O4. The lowest BCUT2D eigenvalue weighted by molar-refractivity contribution is 0.470. The van der Waals surface area contributed by atoms with Crippen molar-refractivity contribution < 1.29 is 20.4 Å². The van der Waals surface area contributed by atoms with Crippen LogP contribution in [-0.2, 0) is 10.8 Å². The minimum atomic E-state index is -0.962. The van der Waals surface area contributed by atoms with Gasteiger partial charge in [0.2, 0.25) is 0 Å². The molecule has 0 heterocycles. The first-order valence-corrected chi connectivity index (χ1v) is 23.5. The lowest BCUT2D eigenvalue weighted by Crippen LogP contribution is -2.29. The van der Waals surface area contributed by atoms with E-state index >= 15 is 0 Å². The topological polar surface area (TPSA) is 80.9 Å². The Morgan fingerprint density at radius 3 is 0.855 bits per heavy atom. The molecule has 8 aromatic carbocycles. The number of hydrogen-bond acceptors (Lipinski definition) is 4. The molecule has 2 aliphatic carbocycles. The van der Waals surface area contributed by atoms with Crippen LogP contribution in [-0.4, -0.2) is 20.4 Å². The molecule has 0 atom stereocenters. The van der Waals surface area contributed by atoms with Gasteiger partial charge in [0, 0.05) is 8.95 Å². The molecule has 0 aromatic heterocycles. The van der Waals surface area contributed by atoms with Crippen molar-refractivity contribution >= 4 is 110 Å². The minimum absolute atomic E-state index is 0.0569.